The summed E-state index contributed by atoms with van der Waals surface area (Å²) in [6.45, 7) is 10.6. The van der Waals surface area contributed by atoms with Gasteiger partial charge >= 0.3 is 5.97 Å². The first-order valence-electron chi connectivity index (χ1n) is 12.0. The highest BCUT2D eigenvalue weighted by Gasteiger charge is 2.21. The van der Waals surface area contributed by atoms with Gasteiger partial charge in [-0.1, -0.05) is 56.7 Å². The summed E-state index contributed by atoms with van der Waals surface area (Å²) in [7, 11) is 1.57. The molecular weight excluding hydrogens is 455 g/mol. The molecule has 0 aliphatic heterocycles. The molecular formula is C31H35FO4. The lowest BCUT2D eigenvalue weighted by Gasteiger charge is -2.24. The van der Waals surface area contributed by atoms with Crippen LogP contribution in [0.2, 0.25) is 0 Å². The number of carbonyl (C=O) groups is 1. The molecule has 0 aliphatic carbocycles. The maximum absolute atomic E-state index is 14.9. The largest absolute Gasteiger partial charge is 0.497 e. The Morgan fingerprint density at radius 3 is 2.22 bits per heavy atom. The van der Waals surface area contributed by atoms with Crippen LogP contribution >= 0.6 is 0 Å². The minimum atomic E-state index is -0.834. The zero-order valence-electron chi connectivity index (χ0n) is 21.9. The van der Waals surface area contributed by atoms with Crippen molar-refractivity contribution in [3.63, 3.8) is 0 Å². The third-order valence-corrected chi connectivity index (χ3v) is 6.00. The summed E-state index contributed by atoms with van der Waals surface area (Å²) in [5.74, 6) is -0.0461. The molecule has 36 heavy (non-hydrogen) atoms. The lowest BCUT2D eigenvalue weighted by molar-refractivity contribution is -0.137. The number of hydrogen-bond acceptors (Lipinski definition) is 3. The molecule has 0 unspecified atom stereocenters. The molecule has 0 amide bonds. The van der Waals surface area contributed by atoms with Crippen molar-refractivity contribution in [3.05, 3.63) is 94.8 Å². The number of methoxy groups -OCH3 is 1. The van der Waals surface area contributed by atoms with Gasteiger partial charge in [0.1, 0.15) is 23.9 Å². The molecule has 3 rings (SSSR count). The Balaban J connectivity index is 1.86. The van der Waals surface area contributed by atoms with Crippen molar-refractivity contribution in [3.8, 4) is 22.6 Å². The number of benzene rings is 3. The summed E-state index contributed by atoms with van der Waals surface area (Å²) in [6.07, 6.45) is 2.01. The van der Waals surface area contributed by atoms with E-state index >= 15 is 0 Å². The van der Waals surface area contributed by atoms with Crippen molar-refractivity contribution in [2.24, 2.45) is 0 Å². The molecule has 0 heterocycles. The molecule has 1 atom stereocenters. The molecule has 190 valence electrons. The zero-order valence-corrected chi connectivity index (χ0v) is 21.9. The van der Waals surface area contributed by atoms with Gasteiger partial charge in [0.2, 0.25) is 0 Å². The van der Waals surface area contributed by atoms with Crippen LogP contribution in [-0.4, -0.2) is 18.2 Å². The highest BCUT2D eigenvalue weighted by atomic mass is 19.1. The summed E-state index contributed by atoms with van der Waals surface area (Å²) in [4.78, 5) is 11.3. The topological polar surface area (TPSA) is 55.8 Å². The van der Waals surface area contributed by atoms with E-state index in [-0.39, 0.29) is 23.6 Å². The number of aliphatic carboxylic acids is 1. The second kappa shape index (κ2) is 11.4. The quantitative estimate of drug-likeness (QED) is 0.310. The van der Waals surface area contributed by atoms with E-state index in [9.17, 15) is 14.3 Å². The van der Waals surface area contributed by atoms with Crippen LogP contribution in [0.1, 0.15) is 63.6 Å². The predicted molar refractivity (Wildman–Crippen MR) is 142 cm³/mol. The van der Waals surface area contributed by atoms with Crippen molar-refractivity contribution < 1.29 is 23.8 Å². The van der Waals surface area contributed by atoms with E-state index < -0.39 is 5.97 Å². The van der Waals surface area contributed by atoms with E-state index in [1.165, 1.54) is 6.07 Å². The van der Waals surface area contributed by atoms with Crippen molar-refractivity contribution >= 4 is 5.97 Å². The molecule has 3 aromatic rings. The summed E-state index contributed by atoms with van der Waals surface area (Å²) in [6, 6.07) is 18.3. The lowest BCUT2D eigenvalue weighted by Crippen LogP contribution is -2.13. The number of halogens is 1. The first kappa shape index (κ1) is 27.0. The molecule has 5 heteroatoms. The maximum atomic E-state index is 14.9. The Morgan fingerprint density at radius 1 is 0.972 bits per heavy atom. The van der Waals surface area contributed by atoms with Crippen LogP contribution < -0.4 is 9.47 Å². The maximum Gasteiger partial charge on any atom is 0.304 e. The van der Waals surface area contributed by atoms with Gasteiger partial charge in [0, 0.05) is 11.5 Å². The van der Waals surface area contributed by atoms with Gasteiger partial charge in [-0.2, -0.15) is 0 Å². The van der Waals surface area contributed by atoms with E-state index in [0.717, 1.165) is 27.8 Å². The van der Waals surface area contributed by atoms with Gasteiger partial charge in [0.15, 0.2) is 0 Å². The SMILES string of the molecule is COc1ccc(F)c(-c2cc(COc3ccc([C@H](C=C(C)C)CC(=O)O)cc3)ccc2C(C)(C)C)c1. The van der Waals surface area contributed by atoms with Gasteiger partial charge in [-0.15, -0.1) is 0 Å². The van der Waals surface area contributed by atoms with E-state index in [1.54, 1.807) is 19.2 Å². The van der Waals surface area contributed by atoms with Crippen LogP contribution in [0.4, 0.5) is 4.39 Å². The lowest BCUT2D eigenvalue weighted by atomic mass is 9.81. The Kier molecular flexibility index (Phi) is 8.57. The molecule has 0 radical (unpaired) electrons. The Hall–Kier alpha value is -3.60. The number of allylic oxidation sites excluding steroid dienone is 2. The van der Waals surface area contributed by atoms with Gasteiger partial charge in [-0.3, -0.25) is 4.79 Å². The van der Waals surface area contributed by atoms with E-state index in [4.69, 9.17) is 9.47 Å². The van der Waals surface area contributed by atoms with Crippen LogP contribution in [0, 0.1) is 5.82 Å². The number of rotatable bonds is 9. The highest BCUT2D eigenvalue weighted by Crippen LogP contribution is 2.37. The highest BCUT2D eigenvalue weighted by molar-refractivity contribution is 5.71. The molecule has 0 spiro atoms. The minimum Gasteiger partial charge on any atom is -0.497 e. The molecule has 0 fully saturated rings. The average Bonchev–Trinajstić information content (AvgIpc) is 2.81. The normalized spacial score (nSPS) is 12.1. The third-order valence-electron chi connectivity index (χ3n) is 6.00. The molecule has 0 aliphatic rings. The monoisotopic (exact) mass is 490 g/mol. The molecule has 0 bridgehead atoms. The van der Waals surface area contributed by atoms with E-state index in [0.29, 0.717) is 23.7 Å². The number of ether oxygens (including phenoxy) is 2. The fraction of sp³-hybridized carbons (Fsp3) is 0.323. The second-order valence-corrected chi connectivity index (χ2v) is 10.3. The number of carboxylic acids is 1. The van der Waals surface area contributed by atoms with Crippen molar-refractivity contribution in [2.75, 3.05) is 7.11 Å². The van der Waals surface area contributed by atoms with Gasteiger partial charge in [-0.05, 0) is 77.9 Å². The molecule has 0 aromatic heterocycles. The standard InChI is InChI=1S/C31H35FO4/c1-20(2)15-23(17-30(33)34)22-8-10-24(11-9-22)36-19-21-7-13-28(31(3,4)5)26(16-21)27-18-25(35-6)12-14-29(27)32/h7-16,18,23H,17,19H2,1-6H3,(H,33,34)/t23-/m1/s1. The molecule has 0 saturated carbocycles. The van der Waals surface area contributed by atoms with E-state index in [1.807, 2.05) is 62.4 Å². The number of hydrogen-bond donors (Lipinski definition) is 1. The van der Waals surface area contributed by atoms with Gasteiger partial charge in [-0.25, -0.2) is 4.39 Å². The van der Waals surface area contributed by atoms with Crippen molar-refractivity contribution in [1.82, 2.24) is 0 Å². The van der Waals surface area contributed by atoms with Crippen LogP contribution in [0.15, 0.2) is 72.3 Å². The summed E-state index contributed by atoms with van der Waals surface area (Å²) in [5, 5.41) is 9.26. The molecule has 1 N–H and O–H groups in total. The van der Waals surface area contributed by atoms with Crippen LogP contribution in [0.5, 0.6) is 11.5 Å². The van der Waals surface area contributed by atoms with E-state index in [2.05, 4.69) is 20.8 Å². The summed E-state index contributed by atoms with van der Waals surface area (Å²) in [5.41, 5.74) is 5.07. The number of carboxylic acid groups (broad SMARTS) is 1. The molecule has 0 saturated heterocycles. The van der Waals surface area contributed by atoms with Crippen LogP contribution in [0.3, 0.4) is 0 Å². The van der Waals surface area contributed by atoms with Crippen LogP contribution in [-0.2, 0) is 16.8 Å². The summed E-state index contributed by atoms with van der Waals surface area (Å²) >= 11 is 0. The Morgan fingerprint density at radius 2 is 1.64 bits per heavy atom. The predicted octanol–water partition coefficient (Wildman–Crippen LogP) is 7.90. The third kappa shape index (κ3) is 6.97. The van der Waals surface area contributed by atoms with Gasteiger partial charge in [0.05, 0.1) is 13.5 Å². The second-order valence-electron chi connectivity index (χ2n) is 10.3. The van der Waals surface area contributed by atoms with Gasteiger partial charge < -0.3 is 14.6 Å². The molecule has 4 nitrogen and oxygen atoms in total. The molecule has 3 aromatic carbocycles. The summed E-state index contributed by atoms with van der Waals surface area (Å²) < 4.78 is 26.2. The zero-order chi connectivity index (χ0) is 26.5. The fourth-order valence-electron chi connectivity index (χ4n) is 4.24. The average molecular weight is 491 g/mol. The Labute approximate surface area is 213 Å². The van der Waals surface area contributed by atoms with Crippen molar-refractivity contribution in [2.45, 2.75) is 59.0 Å². The Bertz CT molecular complexity index is 1230. The first-order valence-corrected chi connectivity index (χ1v) is 12.0. The minimum absolute atomic E-state index is 0.0368. The van der Waals surface area contributed by atoms with Crippen LogP contribution in [0.25, 0.3) is 11.1 Å². The van der Waals surface area contributed by atoms with Crippen molar-refractivity contribution in [1.29, 1.82) is 0 Å². The first-order chi connectivity index (χ1) is 17.0. The fourth-order valence-corrected chi connectivity index (χ4v) is 4.24. The van der Waals surface area contributed by atoms with Gasteiger partial charge in [0.25, 0.3) is 0 Å². The smallest absolute Gasteiger partial charge is 0.304 e.